The van der Waals surface area contributed by atoms with Crippen LogP contribution >= 0.6 is 12.4 Å². The lowest BCUT2D eigenvalue weighted by molar-refractivity contribution is 0.267. The lowest BCUT2D eigenvalue weighted by Crippen LogP contribution is -2.37. The average molecular weight is 221 g/mol. The van der Waals surface area contributed by atoms with Crippen molar-refractivity contribution in [2.24, 2.45) is 0 Å². The fourth-order valence-corrected chi connectivity index (χ4v) is 2.05. The fraction of sp³-hybridized carbons (Fsp3) is 1.00. The van der Waals surface area contributed by atoms with E-state index in [0.29, 0.717) is 0 Å². The smallest absolute Gasteiger partial charge is 0.00792 e. The Morgan fingerprint density at radius 3 is 2.43 bits per heavy atom. The molecule has 2 nitrogen and oxygen atoms in total. The summed E-state index contributed by atoms with van der Waals surface area (Å²) in [4.78, 5) is 2.51. The van der Waals surface area contributed by atoms with Crippen LogP contribution in [-0.2, 0) is 0 Å². The predicted octanol–water partition coefficient (Wildman–Crippen LogP) is 2.28. The number of hydrogen-bond acceptors (Lipinski definition) is 2. The van der Waals surface area contributed by atoms with Gasteiger partial charge in [-0.3, -0.25) is 0 Å². The molecule has 0 aromatic carbocycles. The molecule has 1 N–H and O–H groups in total. The Morgan fingerprint density at radius 1 is 1.21 bits per heavy atom. The molecule has 0 bridgehead atoms. The van der Waals surface area contributed by atoms with E-state index in [2.05, 4.69) is 24.1 Å². The third-order valence-corrected chi connectivity index (χ3v) is 3.10. The van der Waals surface area contributed by atoms with Gasteiger partial charge in [-0.05, 0) is 45.4 Å². The predicted molar refractivity (Wildman–Crippen MR) is 65.3 cm³/mol. The minimum Gasteiger partial charge on any atom is -0.314 e. The van der Waals surface area contributed by atoms with E-state index in [1.54, 1.807) is 0 Å². The van der Waals surface area contributed by atoms with Crippen LogP contribution in [0.2, 0.25) is 0 Å². The third kappa shape index (κ3) is 5.18. The molecule has 0 saturated carbocycles. The van der Waals surface area contributed by atoms with Crippen molar-refractivity contribution in [2.75, 3.05) is 26.2 Å². The Hall–Kier alpha value is 0.210. The van der Waals surface area contributed by atoms with Gasteiger partial charge in [0.1, 0.15) is 0 Å². The first kappa shape index (κ1) is 14.2. The van der Waals surface area contributed by atoms with Crippen molar-refractivity contribution in [2.45, 2.75) is 45.6 Å². The molecule has 86 valence electrons. The largest absolute Gasteiger partial charge is 0.314 e. The van der Waals surface area contributed by atoms with Crippen molar-refractivity contribution < 1.29 is 0 Å². The zero-order valence-corrected chi connectivity index (χ0v) is 10.4. The summed E-state index contributed by atoms with van der Waals surface area (Å²) < 4.78 is 0. The second-order valence-electron chi connectivity index (χ2n) is 3.96. The Bertz CT molecular complexity index is 120. The second-order valence-corrected chi connectivity index (χ2v) is 3.96. The van der Waals surface area contributed by atoms with E-state index in [4.69, 9.17) is 0 Å². The first-order valence-electron chi connectivity index (χ1n) is 5.82. The molecule has 1 saturated heterocycles. The van der Waals surface area contributed by atoms with Gasteiger partial charge in [0, 0.05) is 6.04 Å². The molecule has 1 fully saturated rings. The lowest BCUT2D eigenvalue weighted by Gasteiger charge is -2.26. The SMILES string of the molecule is CCN(CC)CCC1CCCCN1.Cl. The Balaban J connectivity index is 0.00000169. The maximum atomic E-state index is 3.60. The van der Waals surface area contributed by atoms with Crippen LogP contribution in [0.5, 0.6) is 0 Å². The van der Waals surface area contributed by atoms with Crippen LogP contribution in [0.15, 0.2) is 0 Å². The number of nitrogens with one attached hydrogen (secondary N) is 1. The van der Waals surface area contributed by atoms with Gasteiger partial charge in [-0.1, -0.05) is 20.3 Å². The third-order valence-electron chi connectivity index (χ3n) is 3.10. The van der Waals surface area contributed by atoms with Gasteiger partial charge >= 0.3 is 0 Å². The van der Waals surface area contributed by atoms with Crippen molar-refractivity contribution in [1.29, 1.82) is 0 Å². The van der Waals surface area contributed by atoms with Crippen molar-refractivity contribution in [3.8, 4) is 0 Å². The fourth-order valence-electron chi connectivity index (χ4n) is 2.05. The molecule has 1 aliphatic rings. The molecular weight excluding hydrogens is 196 g/mol. The van der Waals surface area contributed by atoms with E-state index >= 15 is 0 Å². The topological polar surface area (TPSA) is 15.3 Å². The van der Waals surface area contributed by atoms with Crippen LogP contribution < -0.4 is 5.32 Å². The summed E-state index contributed by atoms with van der Waals surface area (Å²) in [6.07, 6.45) is 5.53. The molecule has 0 aromatic rings. The highest BCUT2D eigenvalue weighted by Gasteiger charge is 2.12. The normalized spacial score (nSPS) is 22.1. The summed E-state index contributed by atoms with van der Waals surface area (Å²) >= 11 is 0. The molecule has 1 unspecified atom stereocenters. The Morgan fingerprint density at radius 2 is 1.93 bits per heavy atom. The van der Waals surface area contributed by atoms with Crippen LogP contribution in [0.1, 0.15) is 39.5 Å². The molecule has 1 atom stereocenters. The number of hydrogen-bond donors (Lipinski definition) is 1. The molecule has 14 heavy (non-hydrogen) atoms. The molecule has 1 aliphatic heterocycles. The first-order chi connectivity index (χ1) is 6.36. The van der Waals surface area contributed by atoms with E-state index in [9.17, 15) is 0 Å². The quantitative estimate of drug-likeness (QED) is 0.765. The average Bonchev–Trinajstić information content (AvgIpc) is 2.21. The molecular formula is C11H25ClN2. The molecule has 3 heteroatoms. The van der Waals surface area contributed by atoms with Gasteiger partial charge in [0.15, 0.2) is 0 Å². The van der Waals surface area contributed by atoms with Crippen LogP contribution in [0, 0.1) is 0 Å². The summed E-state index contributed by atoms with van der Waals surface area (Å²) in [5.74, 6) is 0. The van der Waals surface area contributed by atoms with Gasteiger partial charge in [0.2, 0.25) is 0 Å². The van der Waals surface area contributed by atoms with E-state index in [1.807, 2.05) is 0 Å². The first-order valence-corrected chi connectivity index (χ1v) is 5.82. The van der Waals surface area contributed by atoms with Gasteiger partial charge in [0.25, 0.3) is 0 Å². The molecule has 1 heterocycles. The number of piperidine rings is 1. The molecule has 0 radical (unpaired) electrons. The standard InChI is InChI=1S/C11H24N2.ClH/c1-3-13(4-2)10-8-11-7-5-6-9-12-11;/h11-12H,3-10H2,1-2H3;1H. The van der Waals surface area contributed by atoms with E-state index < -0.39 is 0 Å². The zero-order valence-electron chi connectivity index (χ0n) is 9.59. The van der Waals surface area contributed by atoms with Crippen molar-refractivity contribution >= 4 is 12.4 Å². The minimum absolute atomic E-state index is 0. The van der Waals surface area contributed by atoms with Gasteiger partial charge in [-0.2, -0.15) is 0 Å². The summed E-state index contributed by atoms with van der Waals surface area (Å²) in [6.45, 7) is 9.40. The molecule has 0 amide bonds. The van der Waals surface area contributed by atoms with E-state index in [0.717, 1.165) is 6.04 Å². The molecule has 0 aromatic heterocycles. The number of rotatable bonds is 5. The van der Waals surface area contributed by atoms with E-state index in [1.165, 1.54) is 51.9 Å². The van der Waals surface area contributed by atoms with Crippen molar-refractivity contribution in [3.05, 3.63) is 0 Å². The highest BCUT2D eigenvalue weighted by molar-refractivity contribution is 5.85. The monoisotopic (exact) mass is 220 g/mol. The summed E-state index contributed by atoms with van der Waals surface area (Å²) in [6, 6.07) is 0.800. The van der Waals surface area contributed by atoms with Crippen LogP contribution in [0.4, 0.5) is 0 Å². The highest BCUT2D eigenvalue weighted by Crippen LogP contribution is 2.10. The Labute approximate surface area is 94.8 Å². The van der Waals surface area contributed by atoms with Crippen LogP contribution in [-0.4, -0.2) is 37.1 Å². The summed E-state index contributed by atoms with van der Waals surface area (Å²) in [5, 5.41) is 3.60. The molecule has 0 aliphatic carbocycles. The highest BCUT2D eigenvalue weighted by atomic mass is 35.5. The zero-order chi connectivity index (χ0) is 9.52. The van der Waals surface area contributed by atoms with Crippen molar-refractivity contribution in [3.63, 3.8) is 0 Å². The van der Waals surface area contributed by atoms with Crippen molar-refractivity contribution in [1.82, 2.24) is 10.2 Å². The molecule has 0 spiro atoms. The maximum absolute atomic E-state index is 3.60. The summed E-state index contributed by atoms with van der Waals surface area (Å²) in [7, 11) is 0. The van der Waals surface area contributed by atoms with E-state index in [-0.39, 0.29) is 12.4 Å². The van der Waals surface area contributed by atoms with Crippen LogP contribution in [0.3, 0.4) is 0 Å². The molecule has 1 rings (SSSR count). The van der Waals surface area contributed by atoms with Gasteiger partial charge in [-0.15, -0.1) is 12.4 Å². The second kappa shape index (κ2) is 8.51. The van der Waals surface area contributed by atoms with Crippen LogP contribution in [0.25, 0.3) is 0 Å². The minimum atomic E-state index is 0. The Kier molecular flexibility index (Phi) is 8.64. The van der Waals surface area contributed by atoms with Gasteiger partial charge < -0.3 is 10.2 Å². The maximum Gasteiger partial charge on any atom is 0.00792 e. The number of nitrogens with zero attached hydrogens (tertiary/aromatic N) is 1. The van der Waals surface area contributed by atoms with Gasteiger partial charge in [0.05, 0.1) is 0 Å². The number of halogens is 1. The summed E-state index contributed by atoms with van der Waals surface area (Å²) in [5.41, 5.74) is 0. The lowest BCUT2D eigenvalue weighted by atomic mass is 10.0. The van der Waals surface area contributed by atoms with Gasteiger partial charge in [-0.25, -0.2) is 0 Å².